The molecular formula is C12H20BrNO2S2. The summed E-state index contributed by atoms with van der Waals surface area (Å²) in [4.78, 5) is 0. The van der Waals surface area contributed by atoms with E-state index in [4.69, 9.17) is 0 Å². The van der Waals surface area contributed by atoms with E-state index in [1.807, 2.05) is 6.92 Å². The highest BCUT2D eigenvalue weighted by Gasteiger charge is 2.17. The molecule has 0 unspecified atom stereocenters. The fourth-order valence-corrected chi connectivity index (χ4v) is 4.86. The molecule has 0 spiro atoms. The fraction of sp³-hybridized carbons (Fsp3) is 0.667. The molecule has 1 heterocycles. The minimum absolute atomic E-state index is 0.385. The second kappa shape index (κ2) is 7.03. The third-order valence-corrected chi connectivity index (χ3v) is 6.67. The van der Waals surface area contributed by atoms with Crippen molar-refractivity contribution in [1.82, 2.24) is 4.72 Å². The van der Waals surface area contributed by atoms with Crippen LogP contribution in [0.3, 0.4) is 0 Å². The summed E-state index contributed by atoms with van der Waals surface area (Å²) >= 11 is 4.60. The molecule has 1 aromatic heterocycles. The van der Waals surface area contributed by atoms with Crippen LogP contribution in [0, 0.1) is 12.8 Å². The number of thiophene rings is 1. The number of halogens is 1. The van der Waals surface area contributed by atoms with Gasteiger partial charge in [-0.2, -0.15) is 0 Å². The third kappa shape index (κ3) is 4.99. The molecule has 0 aliphatic heterocycles. The van der Waals surface area contributed by atoms with Gasteiger partial charge in [0.1, 0.15) is 4.21 Å². The van der Waals surface area contributed by atoms with Crippen LogP contribution >= 0.6 is 27.3 Å². The van der Waals surface area contributed by atoms with Gasteiger partial charge in [0.05, 0.1) is 3.79 Å². The van der Waals surface area contributed by atoms with Gasteiger partial charge in [-0.05, 0) is 46.8 Å². The molecule has 0 fully saturated rings. The van der Waals surface area contributed by atoms with Crippen LogP contribution in [0.2, 0.25) is 0 Å². The number of nitrogens with one attached hydrogen (secondary N) is 1. The normalized spacial score (nSPS) is 12.3. The first-order chi connectivity index (χ1) is 8.33. The van der Waals surface area contributed by atoms with Crippen molar-refractivity contribution in [2.24, 2.45) is 5.92 Å². The Hall–Kier alpha value is 0.0900. The fourth-order valence-electron chi connectivity index (χ4n) is 1.52. The van der Waals surface area contributed by atoms with Crippen molar-refractivity contribution in [3.8, 4) is 0 Å². The van der Waals surface area contributed by atoms with Crippen LogP contribution in [-0.4, -0.2) is 15.0 Å². The molecular weight excluding hydrogens is 334 g/mol. The highest BCUT2D eigenvalue weighted by Crippen LogP contribution is 2.30. The molecule has 0 bridgehead atoms. The molecule has 0 aromatic carbocycles. The molecule has 0 aliphatic rings. The number of unbranched alkanes of at least 4 members (excludes halogenated alkanes) is 1. The van der Waals surface area contributed by atoms with Gasteiger partial charge in [-0.15, -0.1) is 11.3 Å². The first-order valence-corrected chi connectivity index (χ1v) is 9.18. The summed E-state index contributed by atoms with van der Waals surface area (Å²) in [7, 11) is -3.32. The second-order valence-corrected chi connectivity index (χ2v) is 9.17. The Kier molecular flexibility index (Phi) is 6.30. The van der Waals surface area contributed by atoms with Crippen LogP contribution in [0.15, 0.2) is 14.1 Å². The zero-order valence-electron chi connectivity index (χ0n) is 11.0. The van der Waals surface area contributed by atoms with Crippen molar-refractivity contribution in [1.29, 1.82) is 0 Å². The Morgan fingerprint density at radius 2 is 2.06 bits per heavy atom. The van der Waals surface area contributed by atoms with Crippen LogP contribution in [0.5, 0.6) is 0 Å². The molecule has 0 atom stereocenters. The zero-order chi connectivity index (χ0) is 13.8. The maximum absolute atomic E-state index is 12.0. The summed E-state index contributed by atoms with van der Waals surface area (Å²) in [6, 6.07) is 1.70. The van der Waals surface area contributed by atoms with Gasteiger partial charge >= 0.3 is 0 Å². The van der Waals surface area contributed by atoms with Crippen molar-refractivity contribution in [2.75, 3.05) is 6.54 Å². The Balaban J connectivity index is 2.45. The van der Waals surface area contributed by atoms with Crippen molar-refractivity contribution in [3.63, 3.8) is 0 Å². The Morgan fingerprint density at radius 1 is 1.39 bits per heavy atom. The lowest BCUT2D eigenvalue weighted by Gasteiger charge is -2.06. The van der Waals surface area contributed by atoms with E-state index in [0.717, 1.165) is 28.6 Å². The zero-order valence-corrected chi connectivity index (χ0v) is 14.2. The van der Waals surface area contributed by atoms with Gasteiger partial charge in [0, 0.05) is 6.54 Å². The van der Waals surface area contributed by atoms with Gasteiger partial charge in [-0.25, -0.2) is 13.1 Å². The van der Waals surface area contributed by atoms with Crippen molar-refractivity contribution in [2.45, 2.75) is 44.2 Å². The van der Waals surface area contributed by atoms with Gasteiger partial charge in [-0.1, -0.05) is 26.7 Å². The lowest BCUT2D eigenvalue weighted by Crippen LogP contribution is -2.24. The molecule has 0 saturated heterocycles. The average Bonchev–Trinajstić information content (AvgIpc) is 2.59. The van der Waals surface area contributed by atoms with E-state index in [9.17, 15) is 8.42 Å². The minimum Gasteiger partial charge on any atom is -0.210 e. The molecule has 18 heavy (non-hydrogen) atoms. The SMILES string of the molecule is Cc1cc(S(=O)(=O)NCCCCC(C)C)sc1Br. The van der Waals surface area contributed by atoms with E-state index in [1.165, 1.54) is 11.3 Å². The summed E-state index contributed by atoms with van der Waals surface area (Å²) < 4.78 is 27.9. The minimum atomic E-state index is -3.32. The molecule has 3 nitrogen and oxygen atoms in total. The van der Waals surface area contributed by atoms with Crippen LogP contribution in [0.4, 0.5) is 0 Å². The number of aryl methyl sites for hydroxylation is 1. The summed E-state index contributed by atoms with van der Waals surface area (Å²) in [5, 5.41) is 0. The van der Waals surface area contributed by atoms with Crippen molar-refractivity contribution >= 4 is 37.3 Å². The topological polar surface area (TPSA) is 46.2 Å². The van der Waals surface area contributed by atoms with Crippen LogP contribution in [0.1, 0.15) is 38.7 Å². The van der Waals surface area contributed by atoms with E-state index in [2.05, 4.69) is 34.5 Å². The van der Waals surface area contributed by atoms with Gasteiger partial charge in [0.25, 0.3) is 0 Å². The van der Waals surface area contributed by atoms with E-state index in [-0.39, 0.29) is 0 Å². The lowest BCUT2D eigenvalue weighted by atomic mass is 10.1. The summed E-state index contributed by atoms with van der Waals surface area (Å²) in [5.41, 5.74) is 0.959. The molecule has 104 valence electrons. The third-order valence-electron chi connectivity index (χ3n) is 2.60. The molecule has 0 aliphatic carbocycles. The molecule has 1 aromatic rings. The van der Waals surface area contributed by atoms with Crippen LogP contribution < -0.4 is 4.72 Å². The molecule has 6 heteroatoms. The monoisotopic (exact) mass is 353 g/mol. The van der Waals surface area contributed by atoms with Gasteiger partial charge in [0.15, 0.2) is 0 Å². The predicted molar refractivity (Wildman–Crippen MR) is 80.6 cm³/mol. The molecule has 0 saturated carbocycles. The van der Waals surface area contributed by atoms with Crippen LogP contribution in [0.25, 0.3) is 0 Å². The number of rotatable bonds is 7. The van der Waals surface area contributed by atoms with E-state index >= 15 is 0 Å². The highest BCUT2D eigenvalue weighted by atomic mass is 79.9. The molecule has 0 radical (unpaired) electrons. The average molecular weight is 354 g/mol. The maximum atomic E-state index is 12.0. The molecule has 0 amide bonds. The van der Waals surface area contributed by atoms with E-state index in [0.29, 0.717) is 16.7 Å². The highest BCUT2D eigenvalue weighted by molar-refractivity contribution is 9.11. The summed E-state index contributed by atoms with van der Waals surface area (Å²) in [5.74, 6) is 0.678. The van der Waals surface area contributed by atoms with Gasteiger partial charge in [-0.3, -0.25) is 0 Å². The Morgan fingerprint density at radius 3 is 2.56 bits per heavy atom. The Labute approximate surface area is 122 Å². The summed E-state index contributed by atoms with van der Waals surface area (Å²) in [6.07, 6.45) is 3.10. The first kappa shape index (κ1) is 16.1. The number of sulfonamides is 1. The van der Waals surface area contributed by atoms with Crippen LogP contribution in [-0.2, 0) is 10.0 Å². The Bertz CT molecular complexity index is 461. The largest absolute Gasteiger partial charge is 0.250 e. The standard InChI is InChI=1S/C12H20BrNO2S2/c1-9(2)6-4-5-7-14-18(15,16)11-8-10(3)12(13)17-11/h8-9,14H,4-7H2,1-3H3. The smallest absolute Gasteiger partial charge is 0.210 e. The quantitative estimate of drug-likeness (QED) is 0.755. The predicted octanol–water partition coefficient (Wildman–Crippen LogP) is 3.92. The van der Waals surface area contributed by atoms with E-state index in [1.54, 1.807) is 6.07 Å². The first-order valence-electron chi connectivity index (χ1n) is 6.08. The number of hydrogen-bond acceptors (Lipinski definition) is 3. The maximum Gasteiger partial charge on any atom is 0.250 e. The molecule has 1 rings (SSSR count). The lowest BCUT2D eigenvalue weighted by molar-refractivity contribution is 0.531. The van der Waals surface area contributed by atoms with Crippen molar-refractivity contribution in [3.05, 3.63) is 15.4 Å². The van der Waals surface area contributed by atoms with E-state index < -0.39 is 10.0 Å². The summed E-state index contributed by atoms with van der Waals surface area (Å²) in [6.45, 7) is 6.76. The van der Waals surface area contributed by atoms with Crippen molar-refractivity contribution < 1.29 is 8.42 Å². The number of hydrogen-bond donors (Lipinski definition) is 1. The van der Waals surface area contributed by atoms with Gasteiger partial charge in [0.2, 0.25) is 10.0 Å². The second-order valence-electron chi connectivity index (χ2n) is 4.81. The molecule has 1 N–H and O–H groups in total. The van der Waals surface area contributed by atoms with Gasteiger partial charge < -0.3 is 0 Å².